The van der Waals surface area contributed by atoms with Gasteiger partial charge in [0.05, 0.1) is 8.95 Å². The maximum absolute atomic E-state index is 14.0. The van der Waals surface area contributed by atoms with Gasteiger partial charge in [0.25, 0.3) is 0 Å². The number of hydrogen-bond acceptors (Lipinski definition) is 0. The molecule has 0 heterocycles. The van der Waals surface area contributed by atoms with E-state index in [9.17, 15) is 26.3 Å². The lowest BCUT2D eigenvalue weighted by molar-refractivity contribution is 0.481. The van der Waals surface area contributed by atoms with Crippen molar-refractivity contribution in [3.8, 4) is 11.1 Å². The lowest BCUT2D eigenvalue weighted by Crippen LogP contribution is -2.00. The lowest BCUT2D eigenvalue weighted by Gasteiger charge is -2.09. The molecule has 2 aromatic carbocycles. The summed E-state index contributed by atoms with van der Waals surface area (Å²) in [4.78, 5) is 0. The van der Waals surface area contributed by atoms with Gasteiger partial charge < -0.3 is 0 Å². The highest BCUT2D eigenvalue weighted by Crippen LogP contribution is 2.47. The molecule has 0 spiro atoms. The Bertz CT molecular complexity index is 748. The van der Waals surface area contributed by atoms with Gasteiger partial charge in [-0.3, -0.25) is 0 Å². The van der Waals surface area contributed by atoms with Crippen LogP contribution < -0.4 is 0 Å². The normalized spacial score (nSPS) is 12.6. The molecule has 2 aromatic rings. The van der Waals surface area contributed by atoms with Crippen LogP contribution in [0.25, 0.3) is 11.1 Å². The van der Waals surface area contributed by atoms with Crippen LogP contribution in [0.1, 0.15) is 11.1 Å². The summed E-state index contributed by atoms with van der Waals surface area (Å²) in [6.07, 6.45) is -0.506. The number of halogens is 8. The molecule has 1 aliphatic carbocycles. The van der Waals surface area contributed by atoms with E-state index in [-0.39, 0.29) is 0 Å². The fourth-order valence-corrected chi connectivity index (χ4v) is 3.21. The molecule has 0 saturated heterocycles. The van der Waals surface area contributed by atoms with Crippen molar-refractivity contribution in [2.45, 2.75) is 6.42 Å². The molecule has 0 radical (unpaired) electrons. The van der Waals surface area contributed by atoms with E-state index in [0.29, 0.717) is 0 Å². The number of rotatable bonds is 0. The van der Waals surface area contributed by atoms with Crippen molar-refractivity contribution in [3.63, 3.8) is 0 Å². The zero-order valence-corrected chi connectivity index (χ0v) is 12.9. The first-order valence-electron chi connectivity index (χ1n) is 5.47. The Morgan fingerprint density at radius 1 is 0.524 bits per heavy atom. The third-order valence-electron chi connectivity index (χ3n) is 3.33. The summed E-state index contributed by atoms with van der Waals surface area (Å²) in [5, 5.41) is 0. The molecule has 21 heavy (non-hydrogen) atoms. The third kappa shape index (κ3) is 1.81. The largest absolute Gasteiger partial charge is 0.205 e. The smallest absolute Gasteiger partial charge is 0.176 e. The Hall–Kier alpha value is -1.02. The van der Waals surface area contributed by atoms with Crippen LogP contribution in [0.3, 0.4) is 0 Å². The minimum Gasteiger partial charge on any atom is -0.205 e. The van der Waals surface area contributed by atoms with Gasteiger partial charge in [-0.15, -0.1) is 0 Å². The van der Waals surface area contributed by atoms with Gasteiger partial charge in [0.15, 0.2) is 23.3 Å². The molecule has 3 rings (SSSR count). The SMILES string of the molecule is Fc1c(F)c2c(c(F)c1Br)Cc1c(F)c(Br)c(F)c(F)c1-2. The molecule has 0 amide bonds. The molecule has 0 aromatic heterocycles. The molecule has 0 N–H and O–H groups in total. The predicted octanol–water partition coefficient (Wildman–Crippen LogP) is 5.62. The van der Waals surface area contributed by atoms with Gasteiger partial charge in [0, 0.05) is 28.7 Å². The lowest BCUT2D eigenvalue weighted by atomic mass is 10.0. The summed E-state index contributed by atoms with van der Waals surface area (Å²) in [5.41, 5.74) is -2.42. The van der Waals surface area contributed by atoms with Gasteiger partial charge in [-0.2, -0.15) is 0 Å². The quantitative estimate of drug-likeness (QED) is 0.246. The van der Waals surface area contributed by atoms with Crippen molar-refractivity contribution < 1.29 is 26.3 Å². The first-order chi connectivity index (χ1) is 9.77. The monoisotopic (exact) mass is 430 g/mol. The first-order valence-corrected chi connectivity index (χ1v) is 7.05. The van der Waals surface area contributed by atoms with E-state index < -0.39 is 72.5 Å². The maximum Gasteiger partial charge on any atom is 0.176 e. The second-order valence-electron chi connectivity index (χ2n) is 4.40. The Morgan fingerprint density at radius 3 is 1.19 bits per heavy atom. The molecule has 0 unspecified atom stereocenters. The van der Waals surface area contributed by atoms with Crippen molar-refractivity contribution in [1.29, 1.82) is 0 Å². The van der Waals surface area contributed by atoms with Gasteiger partial charge in [-0.05, 0) is 31.9 Å². The van der Waals surface area contributed by atoms with E-state index in [1.165, 1.54) is 0 Å². The molecule has 1 aliphatic rings. The summed E-state index contributed by atoms with van der Waals surface area (Å²) in [5.74, 6) is -8.62. The topological polar surface area (TPSA) is 0 Å². The van der Waals surface area contributed by atoms with Crippen LogP contribution in [-0.4, -0.2) is 0 Å². The van der Waals surface area contributed by atoms with Crippen LogP contribution in [0, 0.1) is 34.9 Å². The molecule has 0 nitrogen and oxygen atoms in total. The van der Waals surface area contributed by atoms with Crippen LogP contribution in [0.4, 0.5) is 26.3 Å². The molecular formula is C13H2Br2F6. The zero-order chi connectivity index (χ0) is 15.6. The van der Waals surface area contributed by atoms with Crippen molar-refractivity contribution in [1.82, 2.24) is 0 Å². The molecule has 0 fully saturated rings. The Kier molecular flexibility index (Phi) is 3.36. The Balaban J connectivity index is 2.49. The summed E-state index contributed by atoms with van der Waals surface area (Å²) in [6.45, 7) is 0. The summed E-state index contributed by atoms with van der Waals surface area (Å²) in [6, 6.07) is 0. The number of benzene rings is 2. The summed E-state index contributed by atoms with van der Waals surface area (Å²) < 4.78 is 81.5. The highest BCUT2D eigenvalue weighted by molar-refractivity contribution is 9.10. The standard InChI is InChI=1S/C13H2Br2F6/c14-6-8(16)2-1-3-5(4(2)10(18)12(6)20)11(19)13(21)7(15)9(3)17/h1H2. The maximum atomic E-state index is 14.0. The predicted molar refractivity (Wildman–Crippen MR) is 69.8 cm³/mol. The second-order valence-corrected chi connectivity index (χ2v) is 5.98. The van der Waals surface area contributed by atoms with Crippen LogP contribution >= 0.6 is 31.9 Å². The average molecular weight is 432 g/mol. The van der Waals surface area contributed by atoms with Gasteiger partial charge in [0.2, 0.25) is 0 Å². The fraction of sp³-hybridized carbons (Fsp3) is 0.0769. The van der Waals surface area contributed by atoms with Gasteiger partial charge in [-0.1, -0.05) is 0 Å². The molecule has 0 saturated carbocycles. The van der Waals surface area contributed by atoms with Crippen molar-refractivity contribution in [2.24, 2.45) is 0 Å². The van der Waals surface area contributed by atoms with Crippen molar-refractivity contribution >= 4 is 31.9 Å². The van der Waals surface area contributed by atoms with E-state index in [4.69, 9.17) is 0 Å². The minimum absolute atomic E-state index is 0.425. The van der Waals surface area contributed by atoms with Crippen molar-refractivity contribution in [2.75, 3.05) is 0 Å². The van der Waals surface area contributed by atoms with Gasteiger partial charge in [0.1, 0.15) is 11.6 Å². The molecule has 8 heteroatoms. The van der Waals surface area contributed by atoms with E-state index in [1.54, 1.807) is 0 Å². The molecule has 0 bridgehead atoms. The van der Waals surface area contributed by atoms with Crippen LogP contribution in [-0.2, 0) is 6.42 Å². The highest BCUT2D eigenvalue weighted by Gasteiger charge is 2.37. The summed E-state index contributed by atoms with van der Waals surface area (Å²) in [7, 11) is 0. The molecular weight excluding hydrogens is 430 g/mol. The Labute approximate surface area is 131 Å². The molecule has 0 aliphatic heterocycles. The number of hydrogen-bond donors (Lipinski definition) is 0. The van der Waals surface area contributed by atoms with Gasteiger partial charge >= 0.3 is 0 Å². The average Bonchev–Trinajstić information content (AvgIpc) is 2.87. The highest BCUT2D eigenvalue weighted by atomic mass is 79.9. The van der Waals surface area contributed by atoms with Crippen LogP contribution in [0.15, 0.2) is 8.95 Å². The van der Waals surface area contributed by atoms with Crippen molar-refractivity contribution in [3.05, 3.63) is 55.0 Å². The minimum atomic E-state index is -1.58. The van der Waals surface area contributed by atoms with E-state index in [1.807, 2.05) is 0 Å². The fourth-order valence-electron chi connectivity index (χ4n) is 2.38. The molecule has 0 atom stereocenters. The second kappa shape index (κ2) is 4.74. The third-order valence-corrected chi connectivity index (χ3v) is 4.72. The first kappa shape index (κ1) is 14.9. The van der Waals surface area contributed by atoms with Crippen LogP contribution in [0.5, 0.6) is 0 Å². The van der Waals surface area contributed by atoms with E-state index in [2.05, 4.69) is 31.9 Å². The van der Waals surface area contributed by atoms with Crippen LogP contribution in [0.2, 0.25) is 0 Å². The Morgan fingerprint density at radius 2 is 0.857 bits per heavy atom. The van der Waals surface area contributed by atoms with E-state index >= 15 is 0 Å². The summed E-state index contributed by atoms with van der Waals surface area (Å²) >= 11 is 5.07. The zero-order valence-electron chi connectivity index (χ0n) is 9.73. The molecule has 110 valence electrons. The number of fused-ring (bicyclic) bond motifs is 3. The van der Waals surface area contributed by atoms with E-state index in [0.717, 1.165) is 0 Å². The van der Waals surface area contributed by atoms with Gasteiger partial charge in [-0.25, -0.2) is 26.3 Å².